The smallest absolute Gasteiger partial charge is 0.262 e. The minimum Gasteiger partial charge on any atom is -0.483 e. The number of hydrogen-bond acceptors (Lipinski definition) is 3. The van der Waals surface area contributed by atoms with E-state index >= 15 is 0 Å². The molecule has 0 bridgehead atoms. The van der Waals surface area contributed by atoms with Crippen LogP contribution in [0, 0.1) is 13.8 Å². The molecule has 4 heteroatoms. The van der Waals surface area contributed by atoms with Gasteiger partial charge in [-0.1, -0.05) is 30.3 Å². The zero-order chi connectivity index (χ0) is 15.2. The van der Waals surface area contributed by atoms with Crippen molar-refractivity contribution >= 4 is 11.6 Å². The topological polar surface area (TPSA) is 58.6 Å². The molecule has 2 N–H and O–H groups in total. The lowest BCUT2D eigenvalue weighted by Crippen LogP contribution is -2.20. The van der Waals surface area contributed by atoms with Gasteiger partial charge in [0.25, 0.3) is 5.91 Å². The highest BCUT2D eigenvalue weighted by Crippen LogP contribution is 2.22. The van der Waals surface area contributed by atoms with Crippen molar-refractivity contribution in [1.29, 1.82) is 0 Å². The summed E-state index contributed by atoms with van der Waals surface area (Å²) in [6.07, 6.45) is 0. The number of ether oxygens (including phenoxy) is 1. The van der Waals surface area contributed by atoms with Gasteiger partial charge in [0.1, 0.15) is 5.75 Å². The predicted molar refractivity (Wildman–Crippen MR) is 82.4 cm³/mol. The van der Waals surface area contributed by atoms with Gasteiger partial charge in [0, 0.05) is 5.69 Å². The summed E-state index contributed by atoms with van der Waals surface area (Å²) < 4.78 is 5.60. The molecular weight excluding hydrogens is 266 g/mol. The number of aryl methyl sites for hydroxylation is 2. The fourth-order valence-corrected chi connectivity index (χ4v) is 2.11. The molecule has 1 amide bonds. The van der Waals surface area contributed by atoms with Gasteiger partial charge in [0.2, 0.25) is 0 Å². The van der Waals surface area contributed by atoms with Crippen LogP contribution in [0.5, 0.6) is 5.75 Å². The molecule has 0 saturated heterocycles. The molecule has 0 radical (unpaired) electrons. The molecule has 0 aliphatic heterocycles. The summed E-state index contributed by atoms with van der Waals surface area (Å²) in [5.41, 5.74) is 3.41. The van der Waals surface area contributed by atoms with Gasteiger partial charge in [-0.15, -0.1) is 0 Å². The predicted octanol–water partition coefficient (Wildman–Crippen LogP) is 2.81. The molecule has 0 heterocycles. The van der Waals surface area contributed by atoms with E-state index in [1.165, 1.54) is 0 Å². The molecular formula is C17H19NO3. The number of aliphatic hydroxyl groups excluding tert-OH is 1. The number of para-hydroxylation sites is 1. The Bertz CT molecular complexity index is 617. The second kappa shape index (κ2) is 6.90. The van der Waals surface area contributed by atoms with E-state index < -0.39 is 0 Å². The van der Waals surface area contributed by atoms with Crippen LogP contribution in [0.15, 0.2) is 42.5 Å². The molecule has 4 nitrogen and oxygen atoms in total. The zero-order valence-corrected chi connectivity index (χ0v) is 12.2. The van der Waals surface area contributed by atoms with E-state index in [-0.39, 0.29) is 19.1 Å². The highest BCUT2D eigenvalue weighted by Gasteiger charge is 2.07. The first kappa shape index (κ1) is 15.1. The molecule has 0 atom stereocenters. The second-order valence-corrected chi connectivity index (χ2v) is 4.92. The van der Waals surface area contributed by atoms with E-state index in [1.54, 1.807) is 24.3 Å². The number of hydrogen-bond donors (Lipinski definition) is 2. The molecule has 0 aromatic heterocycles. The Morgan fingerprint density at radius 3 is 2.48 bits per heavy atom. The Morgan fingerprint density at radius 2 is 1.81 bits per heavy atom. The zero-order valence-electron chi connectivity index (χ0n) is 12.2. The lowest BCUT2D eigenvalue weighted by molar-refractivity contribution is -0.118. The third kappa shape index (κ3) is 4.07. The van der Waals surface area contributed by atoms with Gasteiger partial charge >= 0.3 is 0 Å². The molecule has 0 aliphatic rings. The summed E-state index contributed by atoms with van der Waals surface area (Å²) in [6.45, 7) is 3.80. The van der Waals surface area contributed by atoms with Crippen molar-refractivity contribution in [3.05, 3.63) is 59.2 Å². The van der Waals surface area contributed by atoms with Gasteiger partial charge < -0.3 is 15.2 Å². The summed E-state index contributed by atoms with van der Waals surface area (Å²) in [6, 6.07) is 12.9. The summed E-state index contributed by atoms with van der Waals surface area (Å²) >= 11 is 0. The van der Waals surface area contributed by atoms with Gasteiger partial charge in [-0.05, 0) is 42.7 Å². The molecule has 0 saturated carbocycles. The monoisotopic (exact) mass is 285 g/mol. The Morgan fingerprint density at radius 1 is 1.14 bits per heavy atom. The highest BCUT2D eigenvalue weighted by atomic mass is 16.5. The maximum Gasteiger partial charge on any atom is 0.262 e. The van der Waals surface area contributed by atoms with Crippen molar-refractivity contribution < 1.29 is 14.6 Å². The van der Waals surface area contributed by atoms with Gasteiger partial charge in [-0.25, -0.2) is 0 Å². The lowest BCUT2D eigenvalue weighted by Gasteiger charge is -2.12. The number of carbonyl (C=O) groups excluding carboxylic acids is 1. The third-order valence-corrected chi connectivity index (χ3v) is 3.15. The maximum atomic E-state index is 11.9. The minimum absolute atomic E-state index is 0.0466. The average molecular weight is 285 g/mol. The Balaban J connectivity index is 1.96. The van der Waals surface area contributed by atoms with Gasteiger partial charge in [0.15, 0.2) is 6.61 Å². The molecule has 2 rings (SSSR count). The molecule has 0 unspecified atom stereocenters. The van der Waals surface area contributed by atoms with E-state index in [1.807, 2.05) is 32.0 Å². The van der Waals surface area contributed by atoms with Crippen molar-refractivity contribution in [3.63, 3.8) is 0 Å². The fraction of sp³-hybridized carbons (Fsp3) is 0.235. The number of anilines is 1. The number of benzene rings is 2. The van der Waals surface area contributed by atoms with Crippen molar-refractivity contribution in [2.45, 2.75) is 20.5 Å². The lowest BCUT2D eigenvalue weighted by atomic mass is 10.1. The first-order valence-corrected chi connectivity index (χ1v) is 6.79. The Labute approximate surface area is 124 Å². The van der Waals surface area contributed by atoms with Gasteiger partial charge in [-0.3, -0.25) is 4.79 Å². The first-order chi connectivity index (χ1) is 10.1. The highest BCUT2D eigenvalue weighted by molar-refractivity contribution is 5.91. The molecule has 0 spiro atoms. The quantitative estimate of drug-likeness (QED) is 0.888. The van der Waals surface area contributed by atoms with Crippen LogP contribution in [-0.2, 0) is 11.4 Å². The third-order valence-electron chi connectivity index (χ3n) is 3.15. The van der Waals surface area contributed by atoms with Gasteiger partial charge in [-0.2, -0.15) is 0 Å². The van der Waals surface area contributed by atoms with Crippen LogP contribution < -0.4 is 10.1 Å². The normalized spacial score (nSPS) is 10.2. The van der Waals surface area contributed by atoms with E-state index in [0.717, 1.165) is 22.4 Å². The number of nitrogens with one attached hydrogen (secondary N) is 1. The van der Waals surface area contributed by atoms with Crippen LogP contribution in [0.4, 0.5) is 5.69 Å². The Hall–Kier alpha value is -2.33. The van der Waals surface area contributed by atoms with Crippen molar-refractivity contribution in [2.24, 2.45) is 0 Å². The average Bonchev–Trinajstić information content (AvgIpc) is 2.47. The SMILES string of the molecule is Cc1cccc(C)c1OCC(=O)Nc1cccc(CO)c1. The van der Waals surface area contributed by atoms with Crippen molar-refractivity contribution in [3.8, 4) is 5.75 Å². The number of amides is 1. The van der Waals surface area contributed by atoms with Crippen molar-refractivity contribution in [1.82, 2.24) is 0 Å². The van der Waals surface area contributed by atoms with Crippen molar-refractivity contribution in [2.75, 3.05) is 11.9 Å². The minimum atomic E-state index is -0.229. The molecule has 2 aromatic carbocycles. The number of rotatable bonds is 5. The van der Waals surface area contributed by atoms with Crippen LogP contribution in [0.3, 0.4) is 0 Å². The summed E-state index contributed by atoms with van der Waals surface area (Å²) in [5.74, 6) is 0.518. The van der Waals surface area contributed by atoms with E-state index in [4.69, 9.17) is 9.84 Å². The Kier molecular flexibility index (Phi) is 4.95. The van der Waals surface area contributed by atoms with E-state index in [0.29, 0.717) is 5.69 Å². The first-order valence-electron chi connectivity index (χ1n) is 6.79. The summed E-state index contributed by atoms with van der Waals surface area (Å²) in [5, 5.41) is 11.8. The van der Waals surface area contributed by atoms with Crippen LogP contribution in [-0.4, -0.2) is 17.6 Å². The van der Waals surface area contributed by atoms with Crippen LogP contribution in [0.2, 0.25) is 0 Å². The van der Waals surface area contributed by atoms with Gasteiger partial charge in [0.05, 0.1) is 6.61 Å². The van der Waals surface area contributed by atoms with Crippen LogP contribution in [0.1, 0.15) is 16.7 Å². The second-order valence-electron chi connectivity index (χ2n) is 4.92. The molecule has 110 valence electrons. The van der Waals surface area contributed by atoms with E-state index in [9.17, 15) is 4.79 Å². The van der Waals surface area contributed by atoms with Crippen LogP contribution >= 0.6 is 0 Å². The summed E-state index contributed by atoms with van der Waals surface area (Å²) in [4.78, 5) is 11.9. The standard InChI is InChI=1S/C17H19NO3/c1-12-5-3-6-13(2)17(12)21-11-16(20)18-15-8-4-7-14(9-15)10-19/h3-9,19H,10-11H2,1-2H3,(H,18,20). The molecule has 0 fully saturated rings. The largest absolute Gasteiger partial charge is 0.483 e. The molecule has 2 aromatic rings. The van der Waals surface area contributed by atoms with Crippen LogP contribution in [0.25, 0.3) is 0 Å². The molecule has 21 heavy (non-hydrogen) atoms. The maximum absolute atomic E-state index is 11.9. The number of carbonyl (C=O) groups is 1. The van der Waals surface area contributed by atoms with E-state index in [2.05, 4.69) is 5.32 Å². The number of aliphatic hydroxyl groups is 1. The molecule has 0 aliphatic carbocycles. The summed E-state index contributed by atoms with van der Waals surface area (Å²) in [7, 11) is 0. The fourth-order valence-electron chi connectivity index (χ4n) is 2.11.